The topological polar surface area (TPSA) is 58.1 Å². The quantitative estimate of drug-likeness (QED) is 0.303. The van der Waals surface area contributed by atoms with Crippen LogP contribution in [0.5, 0.6) is 11.5 Å². The number of aliphatic imine (C=N–C) groups is 1. The van der Waals surface area contributed by atoms with Crippen LogP contribution in [-0.4, -0.2) is 56.8 Å². The number of nitrogens with zero attached hydrogens (tertiary/aromatic N) is 2. The Bertz CT molecular complexity index is 778. The Balaban J connectivity index is 0.00000341. The molecule has 0 saturated carbocycles. The first-order valence-corrected chi connectivity index (χ1v) is 10.7. The van der Waals surface area contributed by atoms with Crippen LogP contribution in [0.4, 0.5) is 0 Å². The molecule has 1 saturated heterocycles. The number of methoxy groups -OCH3 is 1. The zero-order valence-electron chi connectivity index (χ0n) is 18.7. The zero-order chi connectivity index (χ0) is 21.2. The van der Waals surface area contributed by atoms with Gasteiger partial charge in [-0.25, -0.2) is 0 Å². The van der Waals surface area contributed by atoms with Gasteiger partial charge in [0.05, 0.1) is 13.7 Å². The maximum Gasteiger partial charge on any atom is 0.191 e. The minimum Gasteiger partial charge on any atom is -0.497 e. The van der Waals surface area contributed by atoms with E-state index in [1.165, 1.54) is 5.56 Å². The Kier molecular flexibility index (Phi) is 10.9. The lowest BCUT2D eigenvalue weighted by atomic mass is 10.0. The van der Waals surface area contributed by atoms with Gasteiger partial charge in [0.15, 0.2) is 5.96 Å². The Morgan fingerprint density at radius 2 is 1.71 bits per heavy atom. The van der Waals surface area contributed by atoms with Crippen molar-refractivity contribution in [1.82, 2.24) is 15.5 Å². The number of hydrogen-bond acceptors (Lipinski definition) is 4. The molecule has 1 unspecified atom stereocenters. The monoisotopic (exact) mass is 538 g/mol. The van der Waals surface area contributed by atoms with Crippen LogP contribution < -0.4 is 20.1 Å². The van der Waals surface area contributed by atoms with Crippen LogP contribution in [0.2, 0.25) is 0 Å². The van der Waals surface area contributed by atoms with Crippen molar-refractivity contribution in [2.45, 2.75) is 38.5 Å². The molecule has 7 heteroatoms. The number of guanidine groups is 1. The number of likely N-dealkylation sites (tertiary alicyclic amines) is 1. The normalized spacial score (nSPS) is 16.2. The highest BCUT2D eigenvalue weighted by atomic mass is 127. The fourth-order valence-electron chi connectivity index (χ4n) is 3.63. The van der Waals surface area contributed by atoms with Gasteiger partial charge in [0, 0.05) is 32.7 Å². The molecule has 2 aromatic carbocycles. The van der Waals surface area contributed by atoms with Crippen molar-refractivity contribution in [2.24, 2.45) is 4.99 Å². The molecule has 3 rings (SSSR count). The smallest absolute Gasteiger partial charge is 0.191 e. The highest BCUT2D eigenvalue weighted by molar-refractivity contribution is 14.0. The Hall–Kier alpha value is -2.00. The van der Waals surface area contributed by atoms with E-state index in [0.717, 1.165) is 49.9 Å². The van der Waals surface area contributed by atoms with Crippen molar-refractivity contribution in [3.63, 3.8) is 0 Å². The van der Waals surface area contributed by atoms with Crippen LogP contribution in [0.15, 0.2) is 59.6 Å². The van der Waals surface area contributed by atoms with Crippen molar-refractivity contribution in [3.05, 3.63) is 60.2 Å². The number of benzene rings is 2. The van der Waals surface area contributed by atoms with E-state index in [2.05, 4.69) is 50.9 Å². The van der Waals surface area contributed by atoms with Crippen molar-refractivity contribution in [1.29, 1.82) is 0 Å². The van der Waals surface area contributed by atoms with E-state index in [1.54, 1.807) is 7.11 Å². The third kappa shape index (κ3) is 8.57. The number of piperidine rings is 1. The van der Waals surface area contributed by atoms with Gasteiger partial charge in [-0.2, -0.15) is 0 Å². The predicted molar refractivity (Wildman–Crippen MR) is 138 cm³/mol. The molecular weight excluding hydrogens is 503 g/mol. The fourth-order valence-corrected chi connectivity index (χ4v) is 3.63. The van der Waals surface area contributed by atoms with Gasteiger partial charge in [-0.3, -0.25) is 9.89 Å². The molecule has 0 spiro atoms. The molecule has 1 fully saturated rings. The molecule has 1 aliphatic heterocycles. The first-order valence-electron chi connectivity index (χ1n) is 10.7. The van der Waals surface area contributed by atoms with E-state index in [9.17, 15) is 0 Å². The molecule has 0 bridgehead atoms. The maximum atomic E-state index is 5.96. The zero-order valence-corrected chi connectivity index (χ0v) is 21.0. The second kappa shape index (κ2) is 13.4. The molecule has 0 aliphatic carbocycles. The summed E-state index contributed by atoms with van der Waals surface area (Å²) in [6.45, 7) is 5.95. The van der Waals surface area contributed by atoms with Crippen LogP contribution >= 0.6 is 24.0 Å². The average Bonchev–Trinajstić information content (AvgIpc) is 2.79. The van der Waals surface area contributed by atoms with Gasteiger partial charge in [-0.05, 0) is 49.6 Å². The molecule has 2 aromatic rings. The summed E-state index contributed by atoms with van der Waals surface area (Å²) in [5.74, 6) is 2.49. The molecule has 1 heterocycles. The largest absolute Gasteiger partial charge is 0.497 e. The fraction of sp³-hybridized carbons (Fsp3) is 0.458. The van der Waals surface area contributed by atoms with Gasteiger partial charge in [0.25, 0.3) is 0 Å². The second-order valence-corrected chi connectivity index (χ2v) is 7.74. The Labute approximate surface area is 203 Å². The van der Waals surface area contributed by atoms with Crippen molar-refractivity contribution in [2.75, 3.05) is 33.8 Å². The summed E-state index contributed by atoms with van der Waals surface area (Å²) in [5, 5.41) is 6.95. The van der Waals surface area contributed by atoms with Gasteiger partial charge in [-0.15, -0.1) is 24.0 Å². The van der Waals surface area contributed by atoms with E-state index in [-0.39, 0.29) is 30.1 Å². The third-order valence-electron chi connectivity index (χ3n) is 5.35. The minimum atomic E-state index is 0. The van der Waals surface area contributed by atoms with E-state index in [1.807, 2.05) is 38.2 Å². The second-order valence-electron chi connectivity index (χ2n) is 7.74. The summed E-state index contributed by atoms with van der Waals surface area (Å²) in [7, 11) is 3.48. The minimum absolute atomic E-state index is 0. The summed E-state index contributed by atoms with van der Waals surface area (Å²) >= 11 is 0. The number of rotatable bonds is 8. The molecule has 0 amide bonds. The summed E-state index contributed by atoms with van der Waals surface area (Å²) < 4.78 is 11.1. The van der Waals surface area contributed by atoms with Crippen LogP contribution in [0.1, 0.15) is 25.3 Å². The van der Waals surface area contributed by atoms with Crippen LogP contribution in [0.25, 0.3) is 0 Å². The molecule has 6 nitrogen and oxygen atoms in total. The molecular formula is C24H35IN4O2. The summed E-state index contributed by atoms with van der Waals surface area (Å²) in [6.07, 6.45) is 2.25. The van der Waals surface area contributed by atoms with Crippen molar-refractivity contribution in [3.8, 4) is 11.5 Å². The molecule has 31 heavy (non-hydrogen) atoms. The lowest BCUT2D eigenvalue weighted by Gasteiger charge is -2.33. The number of ether oxygens (including phenoxy) is 2. The summed E-state index contributed by atoms with van der Waals surface area (Å²) in [4.78, 5) is 6.90. The van der Waals surface area contributed by atoms with E-state index < -0.39 is 0 Å². The van der Waals surface area contributed by atoms with E-state index >= 15 is 0 Å². The molecule has 2 N–H and O–H groups in total. The summed E-state index contributed by atoms with van der Waals surface area (Å²) in [5.41, 5.74) is 1.38. The van der Waals surface area contributed by atoms with Gasteiger partial charge >= 0.3 is 0 Å². The van der Waals surface area contributed by atoms with Gasteiger partial charge in [-0.1, -0.05) is 30.3 Å². The lowest BCUT2D eigenvalue weighted by molar-refractivity contribution is 0.197. The highest BCUT2D eigenvalue weighted by Gasteiger charge is 2.20. The van der Waals surface area contributed by atoms with Gasteiger partial charge < -0.3 is 20.1 Å². The average molecular weight is 538 g/mol. The van der Waals surface area contributed by atoms with Crippen LogP contribution in [0, 0.1) is 0 Å². The first kappa shape index (κ1) is 25.3. The molecule has 170 valence electrons. The Morgan fingerprint density at radius 1 is 1.06 bits per heavy atom. The number of hydrogen-bond donors (Lipinski definition) is 2. The third-order valence-corrected chi connectivity index (χ3v) is 5.35. The SMILES string of the molecule is CN=C(NCC(C)Oc1ccc(OC)cc1)NC1CCN(Cc2ccccc2)CC1.I. The van der Waals surface area contributed by atoms with Gasteiger partial charge in [0.2, 0.25) is 0 Å². The van der Waals surface area contributed by atoms with Crippen molar-refractivity contribution < 1.29 is 9.47 Å². The predicted octanol–water partition coefficient (Wildman–Crippen LogP) is 3.91. The molecule has 0 radical (unpaired) electrons. The summed E-state index contributed by atoms with van der Waals surface area (Å²) in [6, 6.07) is 18.8. The van der Waals surface area contributed by atoms with E-state index in [0.29, 0.717) is 12.6 Å². The van der Waals surface area contributed by atoms with Crippen molar-refractivity contribution >= 4 is 29.9 Å². The number of halogens is 1. The van der Waals surface area contributed by atoms with Gasteiger partial charge in [0.1, 0.15) is 17.6 Å². The van der Waals surface area contributed by atoms with E-state index in [4.69, 9.17) is 9.47 Å². The number of nitrogens with one attached hydrogen (secondary N) is 2. The maximum absolute atomic E-state index is 5.96. The standard InChI is InChI=1S/C24H34N4O2.HI/c1-19(30-23-11-9-22(29-3)10-12-23)17-26-24(25-2)27-21-13-15-28(16-14-21)18-20-7-5-4-6-8-20;/h4-12,19,21H,13-18H2,1-3H3,(H2,25,26,27);1H. The first-order chi connectivity index (χ1) is 14.7. The molecule has 1 aliphatic rings. The molecule has 1 atom stereocenters. The van der Waals surface area contributed by atoms with Crippen LogP contribution in [0.3, 0.4) is 0 Å². The molecule has 0 aromatic heterocycles. The highest BCUT2D eigenvalue weighted by Crippen LogP contribution is 2.18. The van der Waals surface area contributed by atoms with Crippen LogP contribution in [-0.2, 0) is 6.54 Å². The lowest BCUT2D eigenvalue weighted by Crippen LogP contribution is -2.49. The Morgan fingerprint density at radius 3 is 2.32 bits per heavy atom.